The van der Waals surface area contributed by atoms with Crippen molar-refractivity contribution in [3.8, 4) is 0 Å². The molecule has 3 atom stereocenters. The van der Waals surface area contributed by atoms with Gasteiger partial charge in [0.15, 0.2) is 0 Å². The Bertz CT molecular complexity index is 383. The Morgan fingerprint density at radius 2 is 2.21 bits per heavy atom. The Labute approximate surface area is 113 Å². The number of likely N-dealkylation sites (N-methyl/N-ethyl adjacent to an activating group) is 1. The molecule has 108 valence electrons. The number of nitrogens with zero attached hydrogens (tertiary/aromatic N) is 2. The van der Waals surface area contributed by atoms with Gasteiger partial charge in [0.25, 0.3) is 0 Å². The molecule has 1 aromatic rings. The van der Waals surface area contributed by atoms with Crippen LogP contribution in [0.5, 0.6) is 0 Å². The lowest BCUT2D eigenvalue weighted by Crippen LogP contribution is -2.34. The Balaban J connectivity index is 2.07. The summed E-state index contributed by atoms with van der Waals surface area (Å²) in [4.78, 5) is 4.49. The zero-order chi connectivity index (χ0) is 13.7. The van der Waals surface area contributed by atoms with Crippen LogP contribution in [0.15, 0.2) is 4.52 Å². The zero-order valence-electron chi connectivity index (χ0n) is 11.9. The van der Waals surface area contributed by atoms with E-state index >= 15 is 0 Å². The first-order chi connectivity index (χ1) is 9.30. The number of ether oxygens (including phenoxy) is 2. The van der Waals surface area contributed by atoms with Crippen LogP contribution < -0.4 is 5.32 Å². The lowest BCUT2D eigenvalue weighted by Gasteiger charge is -2.14. The Morgan fingerprint density at radius 3 is 2.89 bits per heavy atom. The number of nitrogens with one attached hydrogen (secondary N) is 1. The largest absolute Gasteiger partial charge is 0.379 e. The molecule has 0 spiro atoms. The van der Waals surface area contributed by atoms with Gasteiger partial charge in [0, 0.05) is 12.6 Å². The minimum atomic E-state index is -0.0811. The topological polar surface area (TPSA) is 69.4 Å². The maximum atomic E-state index is 5.60. The fourth-order valence-corrected chi connectivity index (χ4v) is 2.37. The first-order valence-electron chi connectivity index (χ1n) is 7.06. The van der Waals surface area contributed by atoms with Gasteiger partial charge in [-0.25, -0.2) is 0 Å². The average molecular weight is 269 g/mol. The van der Waals surface area contributed by atoms with Gasteiger partial charge in [-0.3, -0.25) is 0 Å². The van der Waals surface area contributed by atoms with Gasteiger partial charge in [-0.15, -0.1) is 0 Å². The summed E-state index contributed by atoms with van der Waals surface area (Å²) in [5.74, 6) is 1.43. The van der Waals surface area contributed by atoms with E-state index in [1.54, 1.807) is 0 Å². The molecule has 1 aliphatic heterocycles. The normalized spacial score (nSPS) is 24.8. The van der Waals surface area contributed by atoms with Gasteiger partial charge < -0.3 is 19.3 Å². The first kappa shape index (κ1) is 14.4. The van der Waals surface area contributed by atoms with Crippen molar-refractivity contribution in [3.63, 3.8) is 0 Å². The molecule has 1 aliphatic rings. The minimum Gasteiger partial charge on any atom is -0.379 e. The lowest BCUT2D eigenvalue weighted by atomic mass is 10.0. The van der Waals surface area contributed by atoms with Crippen molar-refractivity contribution in [2.75, 3.05) is 26.4 Å². The average Bonchev–Trinajstić information content (AvgIpc) is 3.04. The second-order valence-electron chi connectivity index (χ2n) is 4.65. The van der Waals surface area contributed by atoms with Gasteiger partial charge in [-0.05, 0) is 19.9 Å². The fourth-order valence-electron chi connectivity index (χ4n) is 2.37. The summed E-state index contributed by atoms with van der Waals surface area (Å²) in [6.07, 6.45) is 0.757. The highest BCUT2D eigenvalue weighted by molar-refractivity contribution is 5.03. The zero-order valence-corrected chi connectivity index (χ0v) is 11.9. The van der Waals surface area contributed by atoms with Gasteiger partial charge in [0.05, 0.1) is 19.1 Å². The van der Waals surface area contributed by atoms with Crippen molar-refractivity contribution in [2.24, 2.45) is 0 Å². The number of hydrogen-bond acceptors (Lipinski definition) is 6. The van der Waals surface area contributed by atoms with Crippen molar-refractivity contribution in [1.82, 2.24) is 15.5 Å². The Hall–Kier alpha value is -0.980. The molecule has 1 saturated heterocycles. The van der Waals surface area contributed by atoms with E-state index < -0.39 is 0 Å². The van der Waals surface area contributed by atoms with Crippen LogP contribution in [0.25, 0.3) is 0 Å². The van der Waals surface area contributed by atoms with E-state index in [-0.39, 0.29) is 18.1 Å². The molecule has 1 fully saturated rings. The van der Waals surface area contributed by atoms with Crippen LogP contribution in [0.4, 0.5) is 0 Å². The van der Waals surface area contributed by atoms with Crippen molar-refractivity contribution in [2.45, 2.75) is 45.3 Å². The molecular weight excluding hydrogens is 246 g/mol. The number of rotatable bonds is 7. The summed E-state index contributed by atoms with van der Waals surface area (Å²) < 4.78 is 16.5. The molecule has 6 nitrogen and oxygen atoms in total. The molecule has 0 radical (unpaired) electrons. The summed E-state index contributed by atoms with van der Waals surface area (Å²) in [6, 6.07) is 0.255. The Kier molecular flexibility index (Phi) is 5.30. The minimum absolute atomic E-state index is 0.0811. The highest BCUT2D eigenvalue weighted by Gasteiger charge is 2.34. The van der Waals surface area contributed by atoms with Gasteiger partial charge in [-0.1, -0.05) is 19.0 Å². The van der Waals surface area contributed by atoms with Crippen LogP contribution in [0.1, 0.15) is 50.9 Å². The van der Waals surface area contributed by atoms with E-state index in [0.29, 0.717) is 31.5 Å². The van der Waals surface area contributed by atoms with E-state index in [2.05, 4.69) is 29.3 Å². The van der Waals surface area contributed by atoms with Crippen molar-refractivity contribution in [3.05, 3.63) is 11.7 Å². The highest BCUT2D eigenvalue weighted by Crippen LogP contribution is 2.26. The fraction of sp³-hybridized carbons (Fsp3) is 0.846. The predicted molar refractivity (Wildman–Crippen MR) is 70.0 cm³/mol. The molecule has 0 aliphatic carbocycles. The maximum absolute atomic E-state index is 5.60. The third-order valence-electron chi connectivity index (χ3n) is 3.35. The van der Waals surface area contributed by atoms with Crippen LogP contribution >= 0.6 is 0 Å². The molecule has 6 heteroatoms. The molecule has 2 rings (SSSR count). The second kappa shape index (κ2) is 6.98. The summed E-state index contributed by atoms with van der Waals surface area (Å²) in [6.45, 7) is 8.98. The molecule has 19 heavy (non-hydrogen) atoms. The van der Waals surface area contributed by atoms with Crippen LogP contribution in [0.3, 0.4) is 0 Å². The van der Waals surface area contributed by atoms with Crippen molar-refractivity contribution >= 4 is 0 Å². The van der Waals surface area contributed by atoms with Crippen LogP contribution in [0, 0.1) is 0 Å². The Morgan fingerprint density at radius 1 is 1.37 bits per heavy atom. The standard InChI is InChI=1S/C13H23N3O3/c1-4-11(18-6-3)12-15-13(19-16-12)9-7-17-8-10(9)14-5-2/h9-11,14H,4-8H2,1-3H3. The van der Waals surface area contributed by atoms with Crippen LogP contribution in [-0.4, -0.2) is 42.5 Å². The molecule has 0 bridgehead atoms. The summed E-state index contributed by atoms with van der Waals surface area (Å²) >= 11 is 0. The molecular formula is C13H23N3O3. The van der Waals surface area contributed by atoms with E-state index in [1.807, 2.05) is 6.92 Å². The molecule has 3 unspecified atom stereocenters. The monoisotopic (exact) mass is 269 g/mol. The molecule has 0 saturated carbocycles. The first-order valence-corrected chi connectivity index (χ1v) is 7.06. The smallest absolute Gasteiger partial charge is 0.233 e. The van der Waals surface area contributed by atoms with Gasteiger partial charge in [0.1, 0.15) is 6.10 Å². The quantitative estimate of drug-likeness (QED) is 0.811. The summed E-state index contributed by atoms with van der Waals surface area (Å²) in [7, 11) is 0. The molecule has 2 heterocycles. The van der Waals surface area contributed by atoms with Gasteiger partial charge in [-0.2, -0.15) is 4.98 Å². The van der Waals surface area contributed by atoms with E-state index in [1.165, 1.54) is 0 Å². The maximum Gasteiger partial charge on any atom is 0.233 e. The van der Waals surface area contributed by atoms with Gasteiger partial charge >= 0.3 is 0 Å². The van der Waals surface area contributed by atoms with E-state index in [0.717, 1.165) is 13.0 Å². The van der Waals surface area contributed by atoms with Crippen LogP contribution in [-0.2, 0) is 9.47 Å². The van der Waals surface area contributed by atoms with Gasteiger partial charge in [0.2, 0.25) is 11.7 Å². The second-order valence-corrected chi connectivity index (χ2v) is 4.65. The molecule has 0 amide bonds. The highest BCUT2D eigenvalue weighted by atomic mass is 16.5. The van der Waals surface area contributed by atoms with Crippen molar-refractivity contribution in [1.29, 1.82) is 0 Å². The van der Waals surface area contributed by atoms with E-state index in [9.17, 15) is 0 Å². The summed E-state index contributed by atoms with van der Waals surface area (Å²) in [5, 5.41) is 7.44. The number of aromatic nitrogens is 2. The van der Waals surface area contributed by atoms with E-state index in [4.69, 9.17) is 14.0 Å². The SMILES string of the molecule is CCNC1COCC1c1nc(C(CC)OCC)no1. The molecule has 1 aromatic heterocycles. The third-order valence-corrected chi connectivity index (χ3v) is 3.35. The third kappa shape index (κ3) is 3.32. The number of hydrogen-bond donors (Lipinski definition) is 1. The summed E-state index contributed by atoms with van der Waals surface area (Å²) in [5.41, 5.74) is 0. The lowest BCUT2D eigenvalue weighted by molar-refractivity contribution is 0.0518. The molecule has 1 N–H and O–H groups in total. The van der Waals surface area contributed by atoms with Crippen LogP contribution in [0.2, 0.25) is 0 Å². The predicted octanol–water partition coefficient (Wildman–Crippen LogP) is 1.65. The van der Waals surface area contributed by atoms with Crippen molar-refractivity contribution < 1.29 is 14.0 Å². The molecule has 0 aromatic carbocycles.